The number of aliphatic hydroxyl groups is 1. The van der Waals surface area contributed by atoms with Gasteiger partial charge in [0, 0.05) is 24.2 Å². The third-order valence-corrected chi connectivity index (χ3v) is 5.22. The standard InChI is InChI=1S/C19H21N3O3S/c1-26-17-8-3-2-6-13(17)18(24)21-14-9-11-22(12-16(14)23)19(25)15-7-4-5-10-20-15/h2-8,10,14,16,23H,9,11-12H2,1H3,(H,21,24)/t14-,16-/m1/s1. The smallest absolute Gasteiger partial charge is 0.272 e. The molecule has 136 valence electrons. The molecule has 6 nitrogen and oxygen atoms in total. The summed E-state index contributed by atoms with van der Waals surface area (Å²) >= 11 is 1.51. The molecule has 3 rings (SSSR count). The highest BCUT2D eigenvalue weighted by molar-refractivity contribution is 7.98. The number of thioether (sulfide) groups is 1. The molecule has 2 heterocycles. The number of amides is 2. The molecule has 0 unspecified atom stereocenters. The molecule has 2 aromatic rings. The Labute approximate surface area is 156 Å². The number of hydrogen-bond acceptors (Lipinski definition) is 5. The summed E-state index contributed by atoms with van der Waals surface area (Å²) in [6.07, 6.45) is 3.16. The summed E-state index contributed by atoms with van der Waals surface area (Å²) in [7, 11) is 0. The zero-order valence-corrected chi connectivity index (χ0v) is 15.3. The van der Waals surface area contributed by atoms with Crippen molar-refractivity contribution in [2.75, 3.05) is 19.3 Å². The quantitative estimate of drug-likeness (QED) is 0.801. The van der Waals surface area contributed by atoms with Gasteiger partial charge in [0.2, 0.25) is 0 Å². The molecule has 0 radical (unpaired) electrons. The highest BCUT2D eigenvalue weighted by atomic mass is 32.2. The van der Waals surface area contributed by atoms with Crippen LogP contribution < -0.4 is 5.32 Å². The SMILES string of the molecule is CSc1ccccc1C(=O)N[C@@H]1CCN(C(=O)c2ccccn2)C[C@H]1O. The van der Waals surface area contributed by atoms with E-state index in [2.05, 4.69) is 10.3 Å². The molecule has 1 aliphatic heterocycles. The predicted octanol–water partition coefficient (Wildman–Crippen LogP) is 1.81. The molecular formula is C19H21N3O3S. The van der Waals surface area contributed by atoms with E-state index in [0.717, 1.165) is 4.90 Å². The number of β-amino-alcohol motifs (C(OH)–C–C–N with tert-alkyl or cyclic N) is 1. The van der Waals surface area contributed by atoms with Crippen molar-refractivity contribution in [1.29, 1.82) is 0 Å². The number of hydrogen-bond donors (Lipinski definition) is 2. The van der Waals surface area contributed by atoms with E-state index in [1.165, 1.54) is 11.8 Å². The summed E-state index contributed by atoms with van der Waals surface area (Å²) in [6.45, 7) is 0.631. The van der Waals surface area contributed by atoms with E-state index in [1.54, 1.807) is 35.4 Å². The molecule has 0 aliphatic carbocycles. The molecule has 1 aromatic heterocycles. The summed E-state index contributed by atoms with van der Waals surface area (Å²) in [5.74, 6) is -0.411. The van der Waals surface area contributed by atoms with Gasteiger partial charge in [0.25, 0.3) is 11.8 Å². The number of piperidine rings is 1. The van der Waals surface area contributed by atoms with E-state index in [4.69, 9.17) is 0 Å². The zero-order chi connectivity index (χ0) is 18.5. The fraction of sp³-hybridized carbons (Fsp3) is 0.316. The van der Waals surface area contributed by atoms with Crippen LogP contribution in [0.15, 0.2) is 53.6 Å². The molecule has 26 heavy (non-hydrogen) atoms. The van der Waals surface area contributed by atoms with Gasteiger partial charge in [-0.3, -0.25) is 14.6 Å². The molecule has 1 saturated heterocycles. The van der Waals surface area contributed by atoms with Crippen molar-refractivity contribution in [1.82, 2.24) is 15.2 Å². The fourth-order valence-electron chi connectivity index (χ4n) is 3.01. The van der Waals surface area contributed by atoms with Gasteiger partial charge in [0.1, 0.15) is 5.69 Å². The van der Waals surface area contributed by atoms with Crippen molar-refractivity contribution >= 4 is 23.6 Å². The van der Waals surface area contributed by atoms with Gasteiger partial charge in [0.05, 0.1) is 17.7 Å². The summed E-state index contributed by atoms with van der Waals surface area (Å²) in [4.78, 5) is 31.5. The molecule has 0 bridgehead atoms. The van der Waals surface area contributed by atoms with Crippen LogP contribution in [0.4, 0.5) is 0 Å². The van der Waals surface area contributed by atoms with Crippen LogP contribution in [-0.2, 0) is 0 Å². The number of benzene rings is 1. The maximum absolute atomic E-state index is 12.5. The van der Waals surface area contributed by atoms with Gasteiger partial charge in [-0.1, -0.05) is 18.2 Å². The van der Waals surface area contributed by atoms with E-state index in [-0.39, 0.29) is 24.4 Å². The van der Waals surface area contributed by atoms with Gasteiger partial charge < -0.3 is 15.3 Å². The van der Waals surface area contributed by atoms with E-state index in [0.29, 0.717) is 24.2 Å². The van der Waals surface area contributed by atoms with E-state index < -0.39 is 6.10 Å². The van der Waals surface area contributed by atoms with E-state index in [9.17, 15) is 14.7 Å². The fourth-order valence-corrected chi connectivity index (χ4v) is 3.61. The molecule has 1 aromatic carbocycles. The van der Waals surface area contributed by atoms with E-state index >= 15 is 0 Å². The van der Waals surface area contributed by atoms with Crippen molar-refractivity contribution < 1.29 is 14.7 Å². The second-order valence-corrected chi connectivity index (χ2v) is 6.95. The predicted molar refractivity (Wildman–Crippen MR) is 100 cm³/mol. The van der Waals surface area contributed by atoms with Gasteiger partial charge in [-0.15, -0.1) is 11.8 Å². The lowest BCUT2D eigenvalue weighted by Crippen LogP contribution is -2.55. The molecular weight excluding hydrogens is 350 g/mol. The highest BCUT2D eigenvalue weighted by Gasteiger charge is 2.32. The molecule has 7 heteroatoms. The first-order valence-electron chi connectivity index (χ1n) is 8.42. The van der Waals surface area contributed by atoms with Crippen molar-refractivity contribution in [3.05, 3.63) is 59.9 Å². The van der Waals surface area contributed by atoms with Crippen molar-refractivity contribution in [3.63, 3.8) is 0 Å². The maximum Gasteiger partial charge on any atom is 0.272 e. The van der Waals surface area contributed by atoms with Crippen molar-refractivity contribution in [2.45, 2.75) is 23.5 Å². The first-order valence-corrected chi connectivity index (χ1v) is 9.65. The van der Waals surface area contributed by atoms with Gasteiger partial charge in [-0.25, -0.2) is 0 Å². The van der Waals surface area contributed by atoms with Crippen LogP contribution in [0.1, 0.15) is 27.3 Å². The Morgan fingerprint density at radius 3 is 2.69 bits per heavy atom. The van der Waals surface area contributed by atoms with Crippen molar-refractivity contribution in [3.8, 4) is 0 Å². The second kappa shape index (κ2) is 8.33. The van der Waals surface area contributed by atoms with Crippen LogP contribution in [-0.4, -0.2) is 58.3 Å². The molecule has 2 atom stereocenters. The lowest BCUT2D eigenvalue weighted by atomic mass is 10.0. The molecule has 2 N–H and O–H groups in total. The van der Waals surface area contributed by atoms with Gasteiger partial charge in [-0.2, -0.15) is 0 Å². The Morgan fingerprint density at radius 2 is 2.00 bits per heavy atom. The highest BCUT2D eigenvalue weighted by Crippen LogP contribution is 2.21. The maximum atomic E-state index is 12.5. The van der Waals surface area contributed by atoms with E-state index in [1.807, 2.05) is 24.5 Å². The topological polar surface area (TPSA) is 82.5 Å². The zero-order valence-electron chi connectivity index (χ0n) is 14.5. The minimum Gasteiger partial charge on any atom is -0.389 e. The minimum absolute atomic E-state index is 0.171. The molecule has 0 spiro atoms. The number of carbonyl (C=O) groups is 2. The Balaban J connectivity index is 1.62. The third kappa shape index (κ3) is 4.05. The number of aromatic nitrogens is 1. The average Bonchev–Trinajstić information content (AvgIpc) is 2.69. The summed E-state index contributed by atoms with van der Waals surface area (Å²) in [5, 5.41) is 13.3. The number of carbonyl (C=O) groups excluding carboxylic acids is 2. The van der Waals surface area contributed by atoms with Crippen LogP contribution in [0.25, 0.3) is 0 Å². The first kappa shape index (κ1) is 18.4. The number of likely N-dealkylation sites (tertiary alicyclic amines) is 1. The third-order valence-electron chi connectivity index (χ3n) is 4.42. The monoisotopic (exact) mass is 371 g/mol. The van der Waals surface area contributed by atoms with Gasteiger partial charge >= 0.3 is 0 Å². The van der Waals surface area contributed by atoms with Crippen LogP contribution >= 0.6 is 11.8 Å². The van der Waals surface area contributed by atoms with Crippen LogP contribution in [0.5, 0.6) is 0 Å². The Hall–Kier alpha value is -2.38. The average molecular weight is 371 g/mol. The molecule has 1 fully saturated rings. The van der Waals surface area contributed by atoms with Gasteiger partial charge in [-0.05, 0) is 36.9 Å². The number of nitrogens with one attached hydrogen (secondary N) is 1. The van der Waals surface area contributed by atoms with Crippen molar-refractivity contribution in [2.24, 2.45) is 0 Å². The first-order chi connectivity index (χ1) is 12.6. The number of rotatable bonds is 4. The molecule has 0 saturated carbocycles. The molecule has 1 aliphatic rings. The van der Waals surface area contributed by atoms with Gasteiger partial charge in [0.15, 0.2) is 0 Å². The minimum atomic E-state index is -0.818. The van der Waals surface area contributed by atoms with Crippen LogP contribution in [0.2, 0.25) is 0 Å². The second-order valence-electron chi connectivity index (χ2n) is 6.10. The number of nitrogens with zero attached hydrogens (tertiary/aromatic N) is 2. The summed E-state index contributed by atoms with van der Waals surface area (Å²) < 4.78 is 0. The Morgan fingerprint density at radius 1 is 1.23 bits per heavy atom. The largest absolute Gasteiger partial charge is 0.389 e. The Kier molecular flexibility index (Phi) is 5.90. The molecule has 2 amide bonds. The normalized spacial score (nSPS) is 19.8. The van der Waals surface area contributed by atoms with Crippen LogP contribution in [0.3, 0.4) is 0 Å². The summed E-state index contributed by atoms with van der Waals surface area (Å²) in [5.41, 5.74) is 0.954. The number of aliphatic hydroxyl groups excluding tert-OH is 1. The summed E-state index contributed by atoms with van der Waals surface area (Å²) in [6, 6.07) is 12.1. The lowest BCUT2D eigenvalue weighted by molar-refractivity contribution is 0.0311. The lowest BCUT2D eigenvalue weighted by Gasteiger charge is -2.36. The number of pyridine rings is 1. The Bertz CT molecular complexity index is 785. The van der Waals surface area contributed by atoms with Crippen LogP contribution in [0, 0.1) is 0 Å².